The number of anilines is 1. The van der Waals surface area contributed by atoms with Crippen LogP contribution in [0, 0.1) is 0 Å². The highest BCUT2D eigenvalue weighted by molar-refractivity contribution is 6.30. The Labute approximate surface area is 111 Å². The highest BCUT2D eigenvalue weighted by atomic mass is 35.5. The van der Waals surface area contributed by atoms with E-state index in [1.54, 1.807) is 12.1 Å². The number of rotatable bonds is 4. The number of amides is 3. The Morgan fingerprint density at radius 3 is 2.33 bits per heavy atom. The van der Waals surface area contributed by atoms with Crippen LogP contribution in [0.1, 0.15) is 13.8 Å². The van der Waals surface area contributed by atoms with E-state index >= 15 is 0 Å². The smallest absolute Gasteiger partial charge is 0.318 e. The molecule has 3 N–H and O–H groups in total. The molecule has 0 atom stereocenters. The Bertz CT molecular complexity index is 431. The average Bonchev–Trinajstić information content (AvgIpc) is 2.26. The summed E-state index contributed by atoms with van der Waals surface area (Å²) >= 11 is 5.81. The van der Waals surface area contributed by atoms with Crippen molar-refractivity contribution in [2.24, 2.45) is 5.73 Å². The van der Waals surface area contributed by atoms with Crippen LogP contribution in [0.2, 0.25) is 5.02 Å². The molecule has 1 rings (SSSR count). The molecule has 0 aliphatic carbocycles. The molecule has 3 amide bonds. The zero-order chi connectivity index (χ0) is 13.7. The molecule has 1 aromatic rings. The van der Waals surface area contributed by atoms with Crippen LogP contribution in [0.25, 0.3) is 0 Å². The predicted octanol–water partition coefficient (Wildman–Crippen LogP) is 1.75. The Morgan fingerprint density at radius 2 is 1.89 bits per heavy atom. The summed E-state index contributed by atoms with van der Waals surface area (Å²) < 4.78 is 0. The predicted molar refractivity (Wildman–Crippen MR) is 71.7 cm³/mol. The van der Waals surface area contributed by atoms with Crippen molar-refractivity contribution in [3.63, 3.8) is 0 Å². The molecule has 0 saturated carbocycles. The van der Waals surface area contributed by atoms with Crippen LogP contribution >= 0.6 is 11.6 Å². The van der Waals surface area contributed by atoms with Gasteiger partial charge in [0.05, 0.1) is 6.54 Å². The fourth-order valence-electron chi connectivity index (χ4n) is 1.54. The number of nitrogens with one attached hydrogen (secondary N) is 1. The van der Waals surface area contributed by atoms with Crippen LogP contribution in [-0.2, 0) is 4.79 Å². The number of halogens is 1. The van der Waals surface area contributed by atoms with E-state index in [2.05, 4.69) is 0 Å². The molecule has 0 aromatic heterocycles. The van der Waals surface area contributed by atoms with Gasteiger partial charge in [0.15, 0.2) is 0 Å². The standard InChI is InChI=1S/C12H16ClN3O2/c1-8(2)16(7-11(17)15-12(14)18)10-5-3-9(13)4-6-10/h3-6,8H,7H2,1-2H3,(H3,14,15,17,18). The van der Waals surface area contributed by atoms with Gasteiger partial charge in [0.1, 0.15) is 0 Å². The van der Waals surface area contributed by atoms with E-state index in [4.69, 9.17) is 17.3 Å². The summed E-state index contributed by atoms with van der Waals surface area (Å²) in [7, 11) is 0. The summed E-state index contributed by atoms with van der Waals surface area (Å²) in [6, 6.07) is 6.39. The SMILES string of the molecule is CC(C)N(CC(=O)NC(N)=O)c1ccc(Cl)cc1. The molecule has 6 heteroatoms. The van der Waals surface area contributed by atoms with Crippen LogP contribution in [0.4, 0.5) is 10.5 Å². The quantitative estimate of drug-likeness (QED) is 0.874. The minimum atomic E-state index is -0.847. The number of nitrogens with zero attached hydrogens (tertiary/aromatic N) is 1. The summed E-state index contributed by atoms with van der Waals surface area (Å²) in [5.41, 5.74) is 5.75. The third kappa shape index (κ3) is 4.25. The minimum Gasteiger partial charge on any atom is -0.360 e. The third-order valence-corrected chi connectivity index (χ3v) is 2.61. The summed E-state index contributed by atoms with van der Waals surface area (Å²) in [6.45, 7) is 3.96. The molecule has 0 aliphatic heterocycles. The molecular weight excluding hydrogens is 254 g/mol. The highest BCUT2D eigenvalue weighted by Gasteiger charge is 2.15. The molecule has 98 valence electrons. The molecule has 0 bridgehead atoms. The van der Waals surface area contributed by atoms with Gasteiger partial charge in [0.25, 0.3) is 0 Å². The van der Waals surface area contributed by atoms with Crippen molar-refractivity contribution in [3.05, 3.63) is 29.3 Å². The Morgan fingerprint density at radius 1 is 1.33 bits per heavy atom. The van der Waals surface area contributed by atoms with Crippen molar-refractivity contribution in [2.45, 2.75) is 19.9 Å². The molecule has 0 saturated heterocycles. The van der Waals surface area contributed by atoms with Crippen molar-refractivity contribution in [3.8, 4) is 0 Å². The van der Waals surface area contributed by atoms with E-state index in [0.717, 1.165) is 5.69 Å². The summed E-state index contributed by atoms with van der Waals surface area (Å²) in [6.07, 6.45) is 0. The average molecular weight is 270 g/mol. The molecule has 0 aliphatic rings. The molecule has 0 fully saturated rings. The third-order valence-electron chi connectivity index (χ3n) is 2.36. The van der Waals surface area contributed by atoms with Crippen molar-refractivity contribution < 1.29 is 9.59 Å². The zero-order valence-corrected chi connectivity index (χ0v) is 11.1. The van der Waals surface area contributed by atoms with E-state index < -0.39 is 11.9 Å². The van der Waals surface area contributed by atoms with E-state index in [1.165, 1.54) is 0 Å². The lowest BCUT2D eigenvalue weighted by molar-refractivity contribution is -0.118. The van der Waals surface area contributed by atoms with Crippen LogP contribution in [-0.4, -0.2) is 24.5 Å². The molecule has 0 unspecified atom stereocenters. The van der Waals surface area contributed by atoms with Crippen molar-refractivity contribution in [1.82, 2.24) is 5.32 Å². The first-order valence-corrected chi connectivity index (χ1v) is 5.89. The summed E-state index contributed by atoms with van der Waals surface area (Å²) in [5.74, 6) is -0.439. The van der Waals surface area contributed by atoms with Crippen molar-refractivity contribution in [1.29, 1.82) is 0 Å². The molecule has 18 heavy (non-hydrogen) atoms. The summed E-state index contributed by atoms with van der Waals surface area (Å²) in [4.78, 5) is 24.0. The lowest BCUT2D eigenvalue weighted by Gasteiger charge is -2.28. The number of primary amides is 1. The number of hydrogen-bond donors (Lipinski definition) is 2. The van der Waals surface area contributed by atoms with E-state index in [-0.39, 0.29) is 12.6 Å². The maximum Gasteiger partial charge on any atom is 0.318 e. The number of nitrogens with two attached hydrogens (primary N) is 1. The van der Waals surface area contributed by atoms with Gasteiger partial charge in [-0.15, -0.1) is 0 Å². The van der Waals surface area contributed by atoms with Gasteiger partial charge in [-0.3, -0.25) is 10.1 Å². The Kier molecular flexibility index (Phi) is 4.97. The van der Waals surface area contributed by atoms with Gasteiger partial charge < -0.3 is 10.6 Å². The number of carbonyl (C=O) groups is 2. The second-order valence-corrected chi connectivity index (χ2v) is 4.55. The van der Waals surface area contributed by atoms with E-state index in [1.807, 2.05) is 36.2 Å². The second-order valence-electron chi connectivity index (χ2n) is 4.11. The minimum absolute atomic E-state index is 0.0578. The fourth-order valence-corrected chi connectivity index (χ4v) is 1.66. The number of hydrogen-bond acceptors (Lipinski definition) is 3. The van der Waals surface area contributed by atoms with Gasteiger partial charge >= 0.3 is 6.03 Å². The van der Waals surface area contributed by atoms with Gasteiger partial charge in [0, 0.05) is 16.8 Å². The van der Waals surface area contributed by atoms with Crippen molar-refractivity contribution >= 4 is 29.2 Å². The normalized spacial score (nSPS) is 10.2. The van der Waals surface area contributed by atoms with Gasteiger partial charge in [-0.25, -0.2) is 4.79 Å². The topological polar surface area (TPSA) is 75.4 Å². The first-order chi connectivity index (χ1) is 8.40. The van der Waals surface area contributed by atoms with Crippen LogP contribution in [0.5, 0.6) is 0 Å². The van der Waals surface area contributed by atoms with E-state index in [0.29, 0.717) is 5.02 Å². The molecule has 0 spiro atoms. The highest BCUT2D eigenvalue weighted by Crippen LogP contribution is 2.19. The molecular formula is C12H16ClN3O2. The molecule has 5 nitrogen and oxygen atoms in total. The number of imide groups is 1. The first-order valence-electron chi connectivity index (χ1n) is 5.51. The lowest BCUT2D eigenvalue weighted by atomic mass is 10.2. The van der Waals surface area contributed by atoms with Crippen LogP contribution < -0.4 is 16.0 Å². The maximum absolute atomic E-state index is 11.5. The van der Waals surface area contributed by atoms with E-state index in [9.17, 15) is 9.59 Å². The molecule has 0 heterocycles. The lowest BCUT2D eigenvalue weighted by Crippen LogP contribution is -2.44. The Hall–Kier alpha value is -1.75. The van der Waals surface area contributed by atoms with Gasteiger partial charge in [-0.2, -0.15) is 0 Å². The maximum atomic E-state index is 11.5. The van der Waals surface area contributed by atoms with Gasteiger partial charge in [0.2, 0.25) is 5.91 Å². The number of benzene rings is 1. The van der Waals surface area contributed by atoms with Gasteiger partial charge in [-0.05, 0) is 38.1 Å². The number of carbonyl (C=O) groups excluding carboxylic acids is 2. The van der Waals surface area contributed by atoms with Gasteiger partial charge in [-0.1, -0.05) is 11.6 Å². The zero-order valence-electron chi connectivity index (χ0n) is 10.3. The van der Waals surface area contributed by atoms with Crippen LogP contribution in [0.15, 0.2) is 24.3 Å². The fraction of sp³-hybridized carbons (Fsp3) is 0.333. The largest absolute Gasteiger partial charge is 0.360 e. The molecule has 1 aromatic carbocycles. The first kappa shape index (κ1) is 14.3. The van der Waals surface area contributed by atoms with Crippen molar-refractivity contribution in [2.75, 3.05) is 11.4 Å². The number of urea groups is 1. The summed E-state index contributed by atoms with van der Waals surface area (Å²) in [5, 5.41) is 2.67. The second kappa shape index (κ2) is 6.26. The molecule has 0 radical (unpaired) electrons. The Balaban J connectivity index is 2.80. The monoisotopic (exact) mass is 269 g/mol. The van der Waals surface area contributed by atoms with Crippen LogP contribution in [0.3, 0.4) is 0 Å².